The minimum absolute atomic E-state index is 0.846. The van der Waals surface area contributed by atoms with Crippen molar-refractivity contribution in [2.75, 3.05) is 0 Å². The molecule has 0 saturated heterocycles. The molecule has 1 aliphatic rings. The van der Waals surface area contributed by atoms with Crippen molar-refractivity contribution >= 4 is 72.6 Å². The van der Waals surface area contributed by atoms with Crippen LogP contribution in [0.3, 0.4) is 0 Å². The zero-order valence-electron chi connectivity index (χ0n) is 31.3. The molecule has 4 heterocycles. The summed E-state index contributed by atoms with van der Waals surface area (Å²) in [6, 6.07) is 69.9. The lowest BCUT2D eigenvalue weighted by molar-refractivity contribution is 0.489. The predicted octanol–water partition coefficient (Wildman–Crippen LogP) is 10.9. The fraction of sp³-hybridized carbons (Fsp3) is 0. The van der Waals surface area contributed by atoms with Crippen molar-refractivity contribution < 1.29 is 9.15 Å². The maximum atomic E-state index is 7.06. The maximum Gasteiger partial charge on any atom is 0.188 e. The Morgan fingerprint density at radius 2 is 1.17 bits per heavy atom. The largest absolute Gasteiger partial charge is 0.457 e. The van der Waals surface area contributed by atoms with Crippen LogP contribution in [0, 0.1) is 0 Å². The van der Waals surface area contributed by atoms with E-state index in [2.05, 4.69) is 198 Å². The predicted molar refractivity (Wildman–Crippen MR) is 240 cm³/mol. The van der Waals surface area contributed by atoms with Gasteiger partial charge in [0.05, 0.1) is 11.0 Å². The van der Waals surface area contributed by atoms with E-state index >= 15 is 0 Å². The molecule has 0 saturated carbocycles. The molecule has 8 aromatic carbocycles. The van der Waals surface area contributed by atoms with Crippen molar-refractivity contribution in [1.29, 1.82) is 0 Å². The maximum absolute atomic E-state index is 7.06. The Bertz CT molecular complexity index is 3330. The van der Waals surface area contributed by atoms with Gasteiger partial charge in [-0.1, -0.05) is 146 Å². The first-order valence-corrected chi connectivity index (χ1v) is 21.7. The third-order valence-electron chi connectivity index (χ3n) is 12.0. The second-order valence-corrected chi connectivity index (χ2v) is 18.8. The van der Waals surface area contributed by atoms with Crippen LogP contribution in [0.15, 0.2) is 211 Å². The molecule has 1 aliphatic heterocycles. The number of furan rings is 1. The van der Waals surface area contributed by atoms with Crippen LogP contribution in [0.5, 0.6) is 11.5 Å². The van der Waals surface area contributed by atoms with Crippen LogP contribution >= 0.6 is 0 Å². The fourth-order valence-electron chi connectivity index (χ4n) is 9.54. The van der Waals surface area contributed by atoms with E-state index < -0.39 is 8.07 Å². The van der Waals surface area contributed by atoms with E-state index in [0.29, 0.717) is 0 Å². The highest BCUT2D eigenvalue weighted by Crippen LogP contribution is 2.43. The summed E-state index contributed by atoms with van der Waals surface area (Å²) < 4.78 is 16.3. The van der Waals surface area contributed by atoms with E-state index in [1.807, 2.05) is 18.5 Å². The second-order valence-electron chi connectivity index (χ2n) is 15.1. The summed E-state index contributed by atoms with van der Waals surface area (Å²) in [5.74, 6) is 1.80. The number of benzene rings is 8. The molecule has 5 heteroatoms. The lowest BCUT2D eigenvalue weighted by atomic mass is 10.0. The van der Waals surface area contributed by atoms with Gasteiger partial charge in [-0.2, -0.15) is 0 Å². The topological polar surface area (TPSA) is 40.2 Å². The van der Waals surface area contributed by atoms with Gasteiger partial charge in [-0.15, -0.1) is 0 Å². The van der Waals surface area contributed by atoms with E-state index in [9.17, 15) is 0 Å². The molecular formula is C53H34N2O2Si. The number of para-hydroxylation sites is 4. The quantitative estimate of drug-likeness (QED) is 0.164. The third kappa shape index (κ3) is 4.71. The van der Waals surface area contributed by atoms with Gasteiger partial charge in [0.1, 0.15) is 22.7 Å². The lowest BCUT2D eigenvalue weighted by Gasteiger charge is -2.40. The standard InChI is InChI=1S/C53H34N2O2Si/c1-3-15-38(16-4-1)58(39-17-5-2-6-18-39)50-25-10-9-24-49(50)57-53-42(22-12-26-51(53)58)41-20-11-21-43-45-33-37(28-30-48(45)56-52(41)43)55-46-23-8-7-19-40(46)44-32-35(27-29-47(44)55)36-14-13-31-54-34-36/h1-34H. The van der Waals surface area contributed by atoms with Gasteiger partial charge < -0.3 is 13.7 Å². The Balaban J connectivity index is 1.06. The molecule has 272 valence electrons. The number of hydrogen-bond donors (Lipinski definition) is 0. The zero-order chi connectivity index (χ0) is 38.2. The first-order valence-electron chi connectivity index (χ1n) is 19.7. The molecular weight excluding hydrogens is 725 g/mol. The van der Waals surface area contributed by atoms with Crippen molar-refractivity contribution in [2.24, 2.45) is 0 Å². The summed E-state index contributed by atoms with van der Waals surface area (Å²) in [7, 11) is -2.81. The molecule has 0 N–H and O–H groups in total. The van der Waals surface area contributed by atoms with E-state index in [0.717, 1.165) is 72.4 Å². The number of hydrogen-bond acceptors (Lipinski definition) is 3. The molecule has 0 bridgehead atoms. The molecule has 0 fully saturated rings. The van der Waals surface area contributed by atoms with Crippen molar-refractivity contribution in [3.63, 3.8) is 0 Å². The number of ether oxygens (including phenoxy) is 1. The van der Waals surface area contributed by atoms with E-state index in [1.54, 1.807) is 0 Å². The van der Waals surface area contributed by atoms with Gasteiger partial charge >= 0.3 is 0 Å². The molecule has 58 heavy (non-hydrogen) atoms. The van der Waals surface area contributed by atoms with Crippen LogP contribution < -0.4 is 25.5 Å². The Labute approximate surface area is 335 Å². The van der Waals surface area contributed by atoms with Crippen LogP contribution in [0.4, 0.5) is 0 Å². The summed E-state index contributed by atoms with van der Waals surface area (Å²) in [5, 5.41) is 9.69. The Hall–Kier alpha value is -7.47. The Morgan fingerprint density at radius 3 is 2.00 bits per heavy atom. The van der Waals surface area contributed by atoms with Crippen LogP contribution in [0.1, 0.15) is 0 Å². The molecule has 0 aliphatic carbocycles. The first-order chi connectivity index (χ1) is 28.8. The van der Waals surface area contributed by atoms with Gasteiger partial charge in [0, 0.05) is 56.3 Å². The molecule has 4 nitrogen and oxygen atoms in total. The third-order valence-corrected chi connectivity index (χ3v) is 16.9. The normalized spacial score (nSPS) is 13.1. The number of rotatable bonds is 5. The average molecular weight is 759 g/mol. The van der Waals surface area contributed by atoms with Crippen LogP contribution in [-0.2, 0) is 0 Å². The lowest BCUT2D eigenvalue weighted by Crippen LogP contribution is -2.76. The SMILES string of the molecule is c1ccc([Si]2(c3ccccc3)c3ccccc3Oc3c(-c4cccc5c4oc4ccc(-n6c7ccccc7c7cc(-c8cccnc8)ccc76)cc45)cccc32)cc1. The summed E-state index contributed by atoms with van der Waals surface area (Å²) in [5.41, 5.74) is 9.37. The number of pyridine rings is 1. The highest BCUT2D eigenvalue weighted by atomic mass is 28.3. The van der Waals surface area contributed by atoms with Gasteiger partial charge in [-0.3, -0.25) is 4.98 Å². The zero-order valence-corrected chi connectivity index (χ0v) is 32.3. The van der Waals surface area contributed by atoms with E-state index in [1.165, 1.54) is 31.5 Å². The molecule has 11 aromatic rings. The number of fused-ring (bicyclic) bond motifs is 8. The monoisotopic (exact) mass is 758 g/mol. The van der Waals surface area contributed by atoms with Gasteiger partial charge in [-0.05, 0) is 74.8 Å². The number of nitrogens with zero attached hydrogens (tertiary/aromatic N) is 2. The van der Waals surface area contributed by atoms with Crippen LogP contribution in [0.2, 0.25) is 0 Å². The molecule has 0 unspecified atom stereocenters. The summed E-state index contributed by atoms with van der Waals surface area (Å²) in [6.45, 7) is 0. The van der Waals surface area contributed by atoms with Crippen LogP contribution in [0.25, 0.3) is 71.7 Å². The number of aromatic nitrogens is 2. The van der Waals surface area contributed by atoms with Gasteiger partial charge in [0.25, 0.3) is 0 Å². The van der Waals surface area contributed by atoms with Crippen LogP contribution in [-0.4, -0.2) is 17.6 Å². The molecule has 3 aromatic heterocycles. The molecule has 12 rings (SSSR count). The molecule has 0 radical (unpaired) electrons. The van der Waals surface area contributed by atoms with Crippen molar-refractivity contribution in [3.8, 4) is 39.4 Å². The summed E-state index contributed by atoms with van der Waals surface area (Å²) in [6.07, 6.45) is 3.74. The molecule has 0 amide bonds. The minimum atomic E-state index is -2.81. The molecule has 0 spiro atoms. The van der Waals surface area contributed by atoms with Gasteiger partial charge in [0.15, 0.2) is 8.07 Å². The highest BCUT2D eigenvalue weighted by molar-refractivity contribution is 7.20. The first kappa shape index (κ1) is 32.7. The van der Waals surface area contributed by atoms with Crippen molar-refractivity contribution in [1.82, 2.24) is 9.55 Å². The van der Waals surface area contributed by atoms with Gasteiger partial charge in [-0.25, -0.2) is 0 Å². The van der Waals surface area contributed by atoms with Crippen molar-refractivity contribution in [3.05, 3.63) is 207 Å². The van der Waals surface area contributed by atoms with Crippen molar-refractivity contribution in [2.45, 2.75) is 0 Å². The Kier molecular flexibility index (Phi) is 7.21. The second kappa shape index (κ2) is 12.8. The fourth-order valence-corrected chi connectivity index (χ4v) is 14.5. The smallest absolute Gasteiger partial charge is 0.188 e. The van der Waals surface area contributed by atoms with Gasteiger partial charge in [0.2, 0.25) is 0 Å². The summed E-state index contributed by atoms with van der Waals surface area (Å²) in [4.78, 5) is 4.37. The molecule has 0 atom stereocenters. The van der Waals surface area contributed by atoms with E-state index in [4.69, 9.17) is 9.15 Å². The minimum Gasteiger partial charge on any atom is -0.457 e. The summed E-state index contributed by atoms with van der Waals surface area (Å²) >= 11 is 0. The Morgan fingerprint density at radius 1 is 0.466 bits per heavy atom. The highest BCUT2D eigenvalue weighted by Gasteiger charge is 2.48. The average Bonchev–Trinajstić information content (AvgIpc) is 3.84. The van der Waals surface area contributed by atoms with E-state index in [-0.39, 0.29) is 0 Å².